The van der Waals surface area contributed by atoms with Crippen LogP contribution in [0.2, 0.25) is 0 Å². The van der Waals surface area contributed by atoms with Gasteiger partial charge in [0.1, 0.15) is 5.78 Å². The fourth-order valence-electron chi connectivity index (χ4n) is 2.14. The summed E-state index contributed by atoms with van der Waals surface area (Å²) in [5.41, 5.74) is 0.247. The van der Waals surface area contributed by atoms with Crippen LogP contribution >= 0.6 is 0 Å². The molecular weight excluding hydrogens is 176 g/mol. The molecule has 2 atom stereocenters. The molecular formula is C12H14O2. The first-order chi connectivity index (χ1) is 6.65. The Bertz CT molecular complexity index is 345. The second kappa shape index (κ2) is 3.21. The van der Waals surface area contributed by atoms with Crippen molar-refractivity contribution in [2.24, 2.45) is 0 Å². The third-order valence-corrected chi connectivity index (χ3v) is 3.26. The highest BCUT2D eigenvalue weighted by Crippen LogP contribution is 2.37. The molecule has 0 unspecified atom stereocenters. The van der Waals surface area contributed by atoms with E-state index >= 15 is 0 Å². The monoisotopic (exact) mass is 190 g/mol. The summed E-state index contributed by atoms with van der Waals surface area (Å²) in [6.45, 7) is 1.84. The van der Waals surface area contributed by atoms with Gasteiger partial charge in [0.05, 0.1) is 11.5 Å². The van der Waals surface area contributed by atoms with E-state index in [0.29, 0.717) is 12.8 Å². The van der Waals surface area contributed by atoms with Gasteiger partial charge in [-0.3, -0.25) is 4.79 Å². The number of carbonyl (C=O) groups is 1. The van der Waals surface area contributed by atoms with Crippen LogP contribution < -0.4 is 0 Å². The summed E-state index contributed by atoms with van der Waals surface area (Å²) in [4.78, 5) is 11.7. The quantitative estimate of drug-likeness (QED) is 0.731. The summed E-state index contributed by atoms with van der Waals surface area (Å²) in [5, 5.41) is 9.85. The third-order valence-electron chi connectivity index (χ3n) is 3.26. The van der Waals surface area contributed by atoms with Gasteiger partial charge in [-0.05, 0) is 18.9 Å². The van der Waals surface area contributed by atoms with Crippen molar-refractivity contribution in [1.82, 2.24) is 0 Å². The summed E-state index contributed by atoms with van der Waals surface area (Å²) in [5.74, 6) is 0.149. The van der Waals surface area contributed by atoms with Crippen LogP contribution in [0.3, 0.4) is 0 Å². The van der Waals surface area contributed by atoms with Gasteiger partial charge < -0.3 is 5.11 Å². The number of hydrogen-bond donors (Lipinski definition) is 1. The summed E-state index contributed by atoms with van der Waals surface area (Å²) in [7, 11) is 0. The SMILES string of the molecule is C[C@@]1(c2ccccc2)C(=O)CC[C@H]1O. The van der Waals surface area contributed by atoms with Crippen LogP contribution in [0.25, 0.3) is 0 Å². The molecule has 14 heavy (non-hydrogen) atoms. The van der Waals surface area contributed by atoms with Crippen LogP contribution in [0, 0.1) is 0 Å². The summed E-state index contributed by atoms with van der Waals surface area (Å²) >= 11 is 0. The molecule has 1 aliphatic carbocycles. The average molecular weight is 190 g/mol. The van der Waals surface area contributed by atoms with E-state index in [2.05, 4.69) is 0 Å². The molecule has 1 fully saturated rings. The highest BCUT2D eigenvalue weighted by atomic mass is 16.3. The van der Waals surface area contributed by atoms with Crippen molar-refractivity contribution in [1.29, 1.82) is 0 Å². The van der Waals surface area contributed by atoms with Crippen molar-refractivity contribution < 1.29 is 9.90 Å². The Hall–Kier alpha value is -1.15. The first kappa shape index (κ1) is 9.41. The Kier molecular flexibility index (Phi) is 2.16. The van der Waals surface area contributed by atoms with E-state index in [9.17, 15) is 9.90 Å². The molecule has 1 aliphatic rings. The van der Waals surface area contributed by atoms with Gasteiger partial charge >= 0.3 is 0 Å². The van der Waals surface area contributed by atoms with E-state index in [0.717, 1.165) is 5.56 Å². The fraction of sp³-hybridized carbons (Fsp3) is 0.417. The predicted octanol–water partition coefficient (Wildman–Crippen LogP) is 1.67. The maximum Gasteiger partial charge on any atom is 0.145 e. The van der Waals surface area contributed by atoms with Gasteiger partial charge in [0.15, 0.2) is 0 Å². The van der Waals surface area contributed by atoms with Crippen LogP contribution in [-0.4, -0.2) is 17.0 Å². The van der Waals surface area contributed by atoms with Crippen LogP contribution in [0.4, 0.5) is 0 Å². The van der Waals surface area contributed by atoms with Crippen LogP contribution in [0.15, 0.2) is 30.3 Å². The average Bonchev–Trinajstić information content (AvgIpc) is 2.49. The molecule has 0 aliphatic heterocycles. The van der Waals surface area contributed by atoms with Gasteiger partial charge in [-0.1, -0.05) is 30.3 Å². The van der Waals surface area contributed by atoms with E-state index in [1.54, 1.807) is 0 Å². The van der Waals surface area contributed by atoms with Crippen molar-refractivity contribution in [3.05, 3.63) is 35.9 Å². The lowest BCUT2D eigenvalue weighted by Gasteiger charge is -2.26. The maximum atomic E-state index is 11.7. The highest BCUT2D eigenvalue weighted by Gasteiger charge is 2.46. The Morgan fingerprint density at radius 1 is 1.36 bits per heavy atom. The molecule has 74 valence electrons. The van der Waals surface area contributed by atoms with Crippen molar-refractivity contribution in [3.63, 3.8) is 0 Å². The molecule has 0 heterocycles. The highest BCUT2D eigenvalue weighted by molar-refractivity contribution is 5.92. The predicted molar refractivity (Wildman–Crippen MR) is 54.0 cm³/mol. The minimum Gasteiger partial charge on any atom is -0.392 e. The first-order valence-electron chi connectivity index (χ1n) is 4.92. The molecule has 1 aromatic rings. The van der Waals surface area contributed by atoms with E-state index in [-0.39, 0.29) is 5.78 Å². The molecule has 0 amide bonds. The molecule has 1 saturated carbocycles. The maximum absolute atomic E-state index is 11.7. The van der Waals surface area contributed by atoms with Crippen molar-refractivity contribution >= 4 is 5.78 Å². The van der Waals surface area contributed by atoms with Gasteiger partial charge in [-0.2, -0.15) is 0 Å². The van der Waals surface area contributed by atoms with Crippen LogP contribution in [0.5, 0.6) is 0 Å². The topological polar surface area (TPSA) is 37.3 Å². The van der Waals surface area contributed by atoms with Crippen LogP contribution in [-0.2, 0) is 10.2 Å². The Balaban J connectivity index is 2.46. The summed E-state index contributed by atoms with van der Waals surface area (Å²) in [6, 6.07) is 9.54. The smallest absolute Gasteiger partial charge is 0.145 e. The number of aliphatic hydroxyl groups excluding tert-OH is 1. The zero-order chi connectivity index (χ0) is 10.2. The summed E-state index contributed by atoms with van der Waals surface area (Å²) in [6.07, 6.45) is 0.550. The Labute approximate surface area is 83.6 Å². The van der Waals surface area contributed by atoms with E-state index in [1.165, 1.54) is 0 Å². The van der Waals surface area contributed by atoms with Crippen molar-refractivity contribution in [2.45, 2.75) is 31.3 Å². The molecule has 2 nitrogen and oxygen atoms in total. The number of benzene rings is 1. The largest absolute Gasteiger partial charge is 0.392 e. The van der Waals surface area contributed by atoms with Gasteiger partial charge in [-0.15, -0.1) is 0 Å². The lowest BCUT2D eigenvalue weighted by atomic mass is 9.78. The zero-order valence-electron chi connectivity index (χ0n) is 8.23. The Morgan fingerprint density at radius 2 is 2.00 bits per heavy atom. The zero-order valence-corrected chi connectivity index (χ0v) is 8.23. The Morgan fingerprint density at radius 3 is 2.50 bits per heavy atom. The number of carbonyl (C=O) groups excluding carboxylic acids is 1. The standard InChI is InChI=1S/C12H14O2/c1-12(9-5-3-2-4-6-9)10(13)7-8-11(12)14/h2-6,10,13H,7-8H2,1H3/t10-,12+/m1/s1. The fourth-order valence-corrected chi connectivity index (χ4v) is 2.14. The second-order valence-corrected chi connectivity index (χ2v) is 4.05. The molecule has 0 aromatic heterocycles. The molecule has 0 radical (unpaired) electrons. The van der Waals surface area contributed by atoms with Gasteiger partial charge in [0.2, 0.25) is 0 Å². The van der Waals surface area contributed by atoms with Gasteiger partial charge in [0, 0.05) is 6.42 Å². The molecule has 1 aromatic carbocycles. The lowest BCUT2D eigenvalue weighted by molar-refractivity contribution is -0.123. The molecule has 0 spiro atoms. The minimum atomic E-state index is -0.679. The van der Waals surface area contributed by atoms with Crippen molar-refractivity contribution in [3.8, 4) is 0 Å². The molecule has 2 heteroatoms. The number of rotatable bonds is 1. The van der Waals surface area contributed by atoms with E-state index in [4.69, 9.17) is 0 Å². The van der Waals surface area contributed by atoms with E-state index < -0.39 is 11.5 Å². The normalized spacial score (nSPS) is 32.1. The minimum absolute atomic E-state index is 0.149. The molecule has 0 saturated heterocycles. The number of aliphatic hydroxyl groups is 1. The molecule has 2 rings (SSSR count). The molecule has 1 N–H and O–H groups in total. The van der Waals surface area contributed by atoms with Crippen molar-refractivity contribution in [2.75, 3.05) is 0 Å². The lowest BCUT2D eigenvalue weighted by Crippen LogP contribution is -2.37. The van der Waals surface area contributed by atoms with Crippen LogP contribution in [0.1, 0.15) is 25.3 Å². The number of hydrogen-bond acceptors (Lipinski definition) is 2. The third kappa shape index (κ3) is 1.18. The van der Waals surface area contributed by atoms with Gasteiger partial charge in [0.25, 0.3) is 0 Å². The summed E-state index contributed by atoms with van der Waals surface area (Å²) < 4.78 is 0. The molecule has 0 bridgehead atoms. The first-order valence-corrected chi connectivity index (χ1v) is 4.92. The number of Topliss-reactive ketones (excluding diaryl/α,β-unsaturated/α-hetero) is 1. The second-order valence-electron chi connectivity index (χ2n) is 4.05. The van der Waals surface area contributed by atoms with Gasteiger partial charge in [-0.25, -0.2) is 0 Å². The van der Waals surface area contributed by atoms with E-state index in [1.807, 2.05) is 37.3 Å². The number of ketones is 1.